The first-order chi connectivity index (χ1) is 9.57. The standard InChI is InChI=1S/C16H15NO3/c17-9-16(11-3-5-13(18)6-4-11)12-2-1-10(7-12)14(16)8-15(19)20/h1-6,10,12,14,18H,7-8H2,(H,19,20). The van der Waals surface area contributed by atoms with Crippen molar-refractivity contribution in [3.8, 4) is 11.8 Å². The van der Waals surface area contributed by atoms with Gasteiger partial charge in [0.2, 0.25) is 0 Å². The summed E-state index contributed by atoms with van der Waals surface area (Å²) in [5.74, 6) is -0.704. The monoisotopic (exact) mass is 269 g/mol. The molecule has 3 rings (SSSR count). The van der Waals surface area contributed by atoms with Crippen LogP contribution in [0, 0.1) is 29.1 Å². The minimum absolute atomic E-state index is 0.0000565. The average molecular weight is 269 g/mol. The predicted octanol–water partition coefficient (Wildman–Crippen LogP) is 2.45. The zero-order valence-corrected chi connectivity index (χ0v) is 10.9. The summed E-state index contributed by atoms with van der Waals surface area (Å²) >= 11 is 0. The molecule has 4 atom stereocenters. The van der Waals surface area contributed by atoms with Gasteiger partial charge in [-0.15, -0.1) is 0 Å². The van der Waals surface area contributed by atoms with Gasteiger partial charge in [-0.3, -0.25) is 4.79 Å². The van der Waals surface area contributed by atoms with Gasteiger partial charge in [0.15, 0.2) is 0 Å². The highest BCUT2D eigenvalue weighted by Crippen LogP contribution is 2.58. The van der Waals surface area contributed by atoms with E-state index >= 15 is 0 Å². The summed E-state index contributed by atoms with van der Waals surface area (Å²) in [5, 5.41) is 28.4. The first-order valence-corrected chi connectivity index (χ1v) is 6.69. The molecule has 2 aliphatic carbocycles. The smallest absolute Gasteiger partial charge is 0.303 e. The summed E-state index contributed by atoms with van der Waals surface area (Å²) in [6, 6.07) is 8.99. The van der Waals surface area contributed by atoms with E-state index in [-0.39, 0.29) is 29.9 Å². The minimum atomic E-state index is -0.866. The topological polar surface area (TPSA) is 81.3 Å². The van der Waals surface area contributed by atoms with Gasteiger partial charge in [-0.25, -0.2) is 0 Å². The van der Waals surface area contributed by atoms with Crippen molar-refractivity contribution in [3.05, 3.63) is 42.0 Å². The molecule has 0 radical (unpaired) electrons. The van der Waals surface area contributed by atoms with Crippen LogP contribution in [-0.2, 0) is 10.2 Å². The number of carboxylic acids is 1. The van der Waals surface area contributed by atoms with Crippen LogP contribution >= 0.6 is 0 Å². The second-order valence-electron chi connectivity index (χ2n) is 5.62. The summed E-state index contributed by atoms with van der Waals surface area (Å²) < 4.78 is 0. The van der Waals surface area contributed by atoms with Crippen LogP contribution in [0.4, 0.5) is 0 Å². The van der Waals surface area contributed by atoms with Gasteiger partial charge in [-0.2, -0.15) is 5.26 Å². The molecule has 4 nitrogen and oxygen atoms in total. The van der Waals surface area contributed by atoms with Crippen LogP contribution in [-0.4, -0.2) is 16.2 Å². The lowest BCUT2D eigenvalue weighted by atomic mass is 9.64. The van der Waals surface area contributed by atoms with Crippen LogP contribution in [0.3, 0.4) is 0 Å². The Labute approximate surface area is 117 Å². The molecule has 1 aromatic rings. The molecular weight excluding hydrogens is 254 g/mol. The Morgan fingerprint density at radius 2 is 2.05 bits per heavy atom. The van der Waals surface area contributed by atoms with Crippen molar-refractivity contribution in [2.45, 2.75) is 18.3 Å². The molecule has 2 bridgehead atoms. The lowest BCUT2D eigenvalue weighted by Gasteiger charge is -2.36. The average Bonchev–Trinajstić information content (AvgIpc) is 3.00. The zero-order chi connectivity index (χ0) is 14.3. The highest BCUT2D eigenvalue weighted by Gasteiger charge is 2.57. The number of hydrogen-bond donors (Lipinski definition) is 2. The fourth-order valence-corrected chi connectivity index (χ4v) is 3.87. The van der Waals surface area contributed by atoms with Crippen molar-refractivity contribution in [1.82, 2.24) is 0 Å². The molecule has 4 unspecified atom stereocenters. The number of aromatic hydroxyl groups is 1. The van der Waals surface area contributed by atoms with Crippen molar-refractivity contribution >= 4 is 5.97 Å². The Morgan fingerprint density at radius 3 is 2.65 bits per heavy atom. The van der Waals surface area contributed by atoms with Gasteiger partial charge in [0.05, 0.1) is 17.9 Å². The lowest BCUT2D eigenvalue weighted by molar-refractivity contribution is -0.138. The Morgan fingerprint density at radius 1 is 1.35 bits per heavy atom. The molecule has 2 aliphatic rings. The Kier molecular flexibility index (Phi) is 2.79. The van der Waals surface area contributed by atoms with Crippen LogP contribution in [0.15, 0.2) is 36.4 Å². The van der Waals surface area contributed by atoms with Gasteiger partial charge in [0, 0.05) is 5.92 Å². The van der Waals surface area contributed by atoms with Crippen LogP contribution in [0.25, 0.3) is 0 Å². The van der Waals surface area contributed by atoms with Crippen LogP contribution < -0.4 is 0 Å². The molecule has 1 saturated carbocycles. The maximum Gasteiger partial charge on any atom is 0.303 e. The number of nitrogens with zero attached hydrogens (tertiary/aromatic N) is 1. The van der Waals surface area contributed by atoms with E-state index in [0.717, 1.165) is 12.0 Å². The molecule has 2 N–H and O–H groups in total. The highest BCUT2D eigenvalue weighted by molar-refractivity contribution is 5.68. The third-order valence-corrected chi connectivity index (χ3v) is 4.73. The van der Waals surface area contributed by atoms with E-state index in [1.807, 2.05) is 12.2 Å². The summed E-state index contributed by atoms with van der Waals surface area (Å²) in [6.45, 7) is 0. The summed E-state index contributed by atoms with van der Waals surface area (Å²) in [7, 11) is 0. The maximum atomic E-state index is 11.1. The third kappa shape index (κ3) is 1.63. The maximum absolute atomic E-state index is 11.1. The van der Waals surface area contributed by atoms with Crippen molar-refractivity contribution in [1.29, 1.82) is 5.26 Å². The van der Waals surface area contributed by atoms with Gasteiger partial charge >= 0.3 is 5.97 Å². The van der Waals surface area contributed by atoms with Crippen LogP contribution in [0.5, 0.6) is 5.75 Å². The van der Waals surface area contributed by atoms with Crippen molar-refractivity contribution in [2.75, 3.05) is 0 Å². The Hall–Kier alpha value is -2.28. The number of carbonyl (C=O) groups is 1. The second-order valence-corrected chi connectivity index (χ2v) is 5.62. The molecule has 0 aromatic heterocycles. The normalized spacial score (nSPS) is 34.0. The van der Waals surface area contributed by atoms with E-state index < -0.39 is 11.4 Å². The van der Waals surface area contributed by atoms with Gasteiger partial charge < -0.3 is 10.2 Å². The minimum Gasteiger partial charge on any atom is -0.508 e. The second kappa shape index (κ2) is 4.38. The lowest BCUT2D eigenvalue weighted by Crippen LogP contribution is -2.38. The summed E-state index contributed by atoms with van der Waals surface area (Å²) in [6.07, 6.45) is 4.93. The SMILES string of the molecule is N#CC1(c2ccc(O)cc2)C2C=CC(C2)C1CC(=O)O. The molecule has 0 saturated heterocycles. The Bertz CT molecular complexity index is 614. The molecule has 20 heavy (non-hydrogen) atoms. The van der Waals surface area contributed by atoms with Crippen molar-refractivity contribution in [2.24, 2.45) is 17.8 Å². The van der Waals surface area contributed by atoms with Crippen molar-refractivity contribution < 1.29 is 15.0 Å². The number of nitriles is 1. The fourth-order valence-electron chi connectivity index (χ4n) is 3.87. The number of rotatable bonds is 3. The molecular formula is C16H15NO3. The van der Waals surface area contributed by atoms with E-state index in [0.29, 0.717) is 0 Å². The molecule has 0 heterocycles. The van der Waals surface area contributed by atoms with E-state index in [2.05, 4.69) is 6.07 Å². The summed E-state index contributed by atoms with van der Waals surface area (Å²) in [4.78, 5) is 11.1. The molecule has 1 fully saturated rings. The third-order valence-electron chi connectivity index (χ3n) is 4.73. The molecule has 1 aromatic carbocycles. The molecule has 4 heteroatoms. The van der Waals surface area contributed by atoms with Crippen molar-refractivity contribution in [3.63, 3.8) is 0 Å². The molecule has 0 aliphatic heterocycles. The van der Waals surface area contributed by atoms with Gasteiger partial charge in [0.25, 0.3) is 0 Å². The predicted molar refractivity (Wildman–Crippen MR) is 71.9 cm³/mol. The van der Waals surface area contributed by atoms with E-state index in [1.165, 1.54) is 0 Å². The molecule has 0 amide bonds. The number of benzene rings is 1. The first kappa shape index (κ1) is 12.7. The van der Waals surface area contributed by atoms with E-state index in [9.17, 15) is 15.2 Å². The number of fused-ring (bicyclic) bond motifs is 2. The summed E-state index contributed by atoms with van der Waals surface area (Å²) in [5.41, 5.74) is 0.0202. The Balaban J connectivity index is 2.10. The van der Waals surface area contributed by atoms with Crippen LogP contribution in [0.2, 0.25) is 0 Å². The van der Waals surface area contributed by atoms with E-state index in [4.69, 9.17) is 5.11 Å². The van der Waals surface area contributed by atoms with Gasteiger partial charge in [-0.1, -0.05) is 24.3 Å². The van der Waals surface area contributed by atoms with Crippen LogP contribution in [0.1, 0.15) is 18.4 Å². The fraction of sp³-hybridized carbons (Fsp3) is 0.375. The number of phenolic OH excluding ortho intramolecular Hbond substituents is 1. The van der Waals surface area contributed by atoms with Gasteiger partial charge in [-0.05, 0) is 36.0 Å². The quantitative estimate of drug-likeness (QED) is 0.826. The molecule has 0 spiro atoms. The highest BCUT2D eigenvalue weighted by atomic mass is 16.4. The number of phenols is 1. The first-order valence-electron chi connectivity index (χ1n) is 6.69. The largest absolute Gasteiger partial charge is 0.508 e. The number of hydrogen-bond acceptors (Lipinski definition) is 3. The number of carboxylic acid groups (broad SMARTS) is 1. The van der Waals surface area contributed by atoms with E-state index in [1.54, 1.807) is 24.3 Å². The molecule has 102 valence electrons. The van der Waals surface area contributed by atoms with Gasteiger partial charge in [0.1, 0.15) is 5.75 Å². The number of aliphatic carboxylic acids is 1. The number of allylic oxidation sites excluding steroid dienone is 2. The zero-order valence-electron chi connectivity index (χ0n) is 10.9.